The molecule has 0 amide bonds. The van der Waals surface area contributed by atoms with Crippen LogP contribution in [0.1, 0.15) is 5.56 Å². The van der Waals surface area contributed by atoms with Crippen molar-refractivity contribution in [3.8, 4) is 0 Å². The highest BCUT2D eigenvalue weighted by molar-refractivity contribution is 5.69. The van der Waals surface area contributed by atoms with Crippen molar-refractivity contribution in [2.45, 2.75) is 6.42 Å². The van der Waals surface area contributed by atoms with Crippen LogP contribution in [0.5, 0.6) is 0 Å². The van der Waals surface area contributed by atoms with E-state index in [1.165, 1.54) is 0 Å². The third-order valence-electron chi connectivity index (χ3n) is 3.10. The van der Waals surface area contributed by atoms with Gasteiger partial charge in [-0.1, -0.05) is 18.2 Å². The fourth-order valence-electron chi connectivity index (χ4n) is 2.18. The number of likely N-dealkylation sites (N-methyl/N-ethyl adjacent to an activating group) is 1. The van der Waals surface area contributed by atoms with Crippen molar-refractivity contribution < 1.29 is 0 Å². The van der Waals surface area contributed by atoms with Gasteiger partial charge in [0.1, 0.15) is 11.6 Å². The van der Waals surface area contributed by atoms with Gasteiger partial charge in [-0.2, -0.15) is 9.97 Å². The van der Waals surface area contributed by atoms with Crippen molar-refractivity contribution in [3.63, 3.8) is 0 Å². The first-order chi connectivity index (χ1) is 8.74. The predicted octanol–water partition coefficient (Wildman–Crippen LogP) is 1.79. The first-order valence-electron chi connectivity index (χ1n) is 5.93. The lowest BCUT2D eigenvalue weighted by Crippen LogP contribution is -2.14. The molecule has 1 aromatic heterocycles. The summed E-state index contributed by atoms with van der Waals surface area (Å²) in [6.45, 7) is 0.955. The number of aromatic nitrogens is 2. The molecule has 3 N–H and O–H groups in total. The van der Waals surface area contributed by atoms with Gasteiger partial charge in [0.15, 0.2) is 0 Å². The third kappa shape index (κ3) is 1.84. The van der Waals surface area contributed by atoms with Crippen LogP contribution in [-0.4, -0.2) is 23.6 Å². The van der Waals surface area contributed by atoms with Gasteiger partial charge in [0.25, 0.3) is 0 Å². The molecule has 0 bridgehead atoms. The van der Waals surface area contributed by atoms with Crippen molar-refractivity contribution in [1.29, 1.82) is 0 Å². The molecule has 0 unspecified atom stereocenters. The van der Waals surface area contributed by atoms with Crippen molar-refractivity contribution >= 4 is 23.3 Å². The average Bonchev–Trinajstić information content (AvgIpc) is 2.73. The summed E-state index contributed by atoms with van der Waals surface area (Å²) < 4.78 is 0. The lowest BCUT2D eigenvalue weighted by molar-refractivity contribution is 0.946. The van der Waals surface area contributed by atoms with E-state index >= 15 is 0 Å². The molecule has 3 rings (SSSR count). The van der Waals surface area contributed by atoms with E-state index < -0.39 is 0 Å². The molecule has 1 aromatic carbocycles. The fraction of sp³-hybridized carbons (Fsp3) is 0.231. The number of nitrogens with two attached hydrogens (primary N) is 1. The maximum atomic E-state index is 5.76. The second kappa shape index (κ2) is 4.18. The molecule has 92 valence electrons. The Bertz CT molecular complexity index is 567. The maximum Gasteiger partial charge on any atom is 0.223 e. The first-order valence-corrected chi connectivity index (χ1v) is 5.93. The number of para-hydroxylation sites is 1. The number of benzene rings is 1. The van der Waals surface area contributed by atoms with Crippen LogP contribution in [0.15, 0.2) is 30.3 Å². The summed E-state index contributed by atoms with van der Waals surface area (Å²) in [4.78, 5) is 10.7. The van der Waals surface area contributed by atoms with E-state index in [2.05, 4.69) is 20.2 Å². The highest BCUT2D eigenvalue weighted by atomic mass is 15.2. The number of nitrogens with zero attached hydrogens (tertiary/aromatic N) is 3. The monoisotopic (exact) mass is 241 g/mol. The van der Waals surface area contributed by atoms with Crippen LogP contribution in [0.3, 0.4) is 0 Å². The van der Waals surface area contributed by atoms with Crippen LogP contribution in [0, 0.1) is 0 Å². The van der Waals surface area contributed by atoms with E-state index in [0.29, 0.717) is 5.95 Å². The number of hydrogen-bond donors (Lipinski definition) is 2. The molecule has 0 radical (unpaired) electrons. The topological polar surface area (TPSA) is 67.1 Å². The molecule has 2 heterocycles. The van der Waals surface area contributed by atoms with Crippen LogP contribution in [-0.2, 0) is 6.42 Å². The Labute approximate surface area is 106 Å². The zero-order chi connectivity index (χ0) is 12.5. The minimum atomic E-state index is 0.306. The van der Waals surface area contributed by atoms with Gasteiger partial charge in [0.05, 0.1) is 0 Å². The fourth-order valence-corrected chi connectivity index (χ4v) is 2.18. The van der Waals surface area contributed by atoms with Crippen molar-refractivity contribution in [3.05, 3.63) is 35.9 Å². The number of fused-ring (bicyclic) bond motifs is 1. The van der Waals surface area contributed by atoms with Gasteiger partial charge in [-0.3, -0.25) is 0 Å². The Morgan fingerprint density at radius 1 is 1.22 bits per heavy atom. The number of nitrogen functional groups attached to an aromatic ring is 1. The van der Waals surface area contributed by atoms with Gasteiger partial charge in [0, 0.05) is 24.8 Å². The summed E-state index contributed by atoms with van der Waals surface area (Å²) in [6.07, 6.45) is 0.946. The number of anilines is 4. The maximum absolute atomic E-state index is 5.76. The largest absolute Gasteiger partial charge is 0.368 e. The van der Waals surface area contributed by atoms with Gasteiger partial charge in [-0.25, -0.2) is 0 Å². The molecule has 0 saturated carbocycles. The SMILES string of the molecule is CN1CCc2c(Nc3ccccc3)nc(N)nc21. The molecular weight excluding hydrogens is 226 g/mol. The van der Waals surface area contributed by atoms with E-state index in [1.807, 2.05) is 37.4 Å². The lowest BCUT2D eigenvalue weighted by atomic mass is 10.2. The molecule has 5 nitrogen and oxygen atoms in total. The van der Waals surface area contributed by atoms with Crippen LogP contribution in [0.4, 0.5) is 23.3 Å². The normalized spacial score (nSPS) is 13.5. The van der Waals surface area contributed by atoms with Gasteiger partial charge >= 0.3 is 0 Å². The summed E-state index contributed by atoms with van der Waals surface area (Å²) in [5.41, 5.74) is 7.90. The van der Waals surface area contributed by atoms with Crippen LogP contribution < -0.4 is 16.0 Å². The summed E-state index contributed by atoms with van der Waals surface area (Å²) in [5.74, 6) is 2.05. The van der Waals surface area contributed by atoms with Crippen LogP contribution >= 0.6 is 0 Å². The zero-order valence-electron chi connectivity index (χ0n) is 10.2. The number of hydrogen-bond acceptors (Lipinski definition) is 5. The standard InChI is InChI=1S/C13H15N5/c1-18-8-7-10-11(16-13(14)17-12(10)18)15-9-5-3-2-4-6-9/h2-6H,7-8H2,1H3,(H3,14,15,16,17). The van der Waals surface area contributed by atoms with Crippen molar-refractivity contribution in [1.82, 2.24) is 9.97 Å². The molecule has 0 atom stereocenters. The van der Waals surface area contributed by atoms with E-state index in [1.54, 1.807) is 0 Å². The summed E-state index contributed by atoms with van der Waals surface area (Å²) in [6, 6.07) is 9.96. The zero-order valence-corrected chi connectivity index (χ0v) is 10.2. The van der Waals surface area contributed by atoms with Crippen molar-refractivity contribution in [2.75, 3.05) is 29.5 Å². The van der Waals surface area contributed by atoms with E-state index in [-0.39, 0.29) is 0 Å². The first kappa shape index (κ1) is 10.8. The van der Waals surface area contributed by atoms with Crippen LogP contribution in [0.25, 0.3) is 0 Å². The minimum absolute atomic E-state index is 0.306. The van der Waals surface area contributed by atoms with Crippen molar-refractivity contribution in [2.24, 2.45) is 0 Å². The molecular formula is C13H15N5. The molecule has 18 heavy (non-hydrogen) atoms. The van der Waals surface area contributed by atoms with Gasteiger partial charge in [-0.15, -0.1) is 0 Å². The Hall–Kier alpha value is -2.30. The van der Waals surface area contributed by atoms with E-state index in [4.69, 9.17) is 5.73 Å². The van der Waals surface area contributed by atoms with Gasteiger partial charge < -0.3 is 16.0 Å². The quantitative estimate of drug-likeness (QED) is 0.839. The van der Waals surface area contributed by atoms with E-state index in [9.17, 15) is 0 Å². The smallest absolute Gasteiger partial charge is 0.223 e. The Morgan fingerprint density at radius 2 is 2.00 bits per heavy atom. The average molecular weight is 241 g/mol. The molecule has 1 aliphatic heterocycles. The molecule has 5 heteroatoms. The number of nitrogens with one attached hydrogen (secondary N) is 1. The second-order valence-corrected chi connectivity index (χ2v) is 4.40. The molecule has 2 aromatic rings. The predicted molar refractivity (Wildman–Crippen MR) is 73.1 cm³/mol. The molecule has 1 aliphatic rings. The van der Waals surface area contributed by atoms with Gasteiger partial charge in [0.2, 0.25) is 5.95 Å². The Kier molecular flexibility index (Phi) is 2.51. The Balaban J connectivity index is 2.00. The molecule has 0 fully saturated rings. The van der Waals surface area contributed by atoms with E-state index in [0.717, 1.165) is 35.9 Å². The van der Waals surface area contributed by atoms with Gasteiger partial charge in [-0.05, 0) is 18.6 Å². The Morgan fingerprint density at radius 3 is 2.78 bits per heavy atom. The number of rotatable bonds is 2. The molecule has 0 spiro atoms. The lowest BCUT2D eigenvalue weighted by Gasteiger charge is -2.13. The minimum Gasteiger partial charge on any atom is -0.368 e. The second-order valence-electron chi connectivity index (χ2n) is 4.40. The summed E-state index contributed by atoms with van der Waals surface area (Å²) in [5, 5.41) is 3.31. The highest BCUT2D eigenvalue weighted by Gasteiger charge is 2.22. The highest BCUT2D eigenvalue weighted by Crippen LogP contribution is 2.31. The molecule has 0 saturated heterocycles. The molecule has 0 aliphatic carbocycles. The summed E-state index contributed by atoms with van der Waals surface area (Å²) >= 11 is 0. The van der Waals surface area contributed by atoms with Crippen LogP contribution in [0.2, 0.25) is 0 Å². The summed E-state index contributed by atoms with van der Waals surface area (Å²) in [7, 11) is 2.02. The third-order valence-corrected chi connectivity index (χ3v) is 3.10.